The Bertz CT molecular complexity index is 2320. The van der Waals surface area contributed by atoms with Crippen LogP contribution in [0.4, 0.5) is 5.69 Å². The van der Waals surface area contributed by atoms with Crippen molar-refractivity contribution in [1.29, 1.82) is 0 Å². The Labute approximate surface area is 382 Å². The molecule has 0 fully saturated rings. The number of nitrogens with two attached hydrogens (primary N) is 1. The Morgan fingerprint density at radius 3 is 1.23 bits per heavy atom. The van der Waals surface area contributed by atoms with Gasteiger partial charge in [-0.1, -0.05) is 195 Å². The van der Waals surface area contributed by atoms with Crippen LogP contribution in [0.15, 0.2) is 206 Å². The van der Waals surface area contributed by atoms with Crippen molar-refractivity contribution in [2.45, 2.75) is 19.3 Å². The van der Waals surface area contributed by atoms with Crippen LogP contribution in [-0.2, 0) is 23.6 Å². The molecule has 2 N–H and O–H groups in total. The van der Waals surface area contributed by atoms with E-state index in [1.54, 1.807) is 0 Å². The van der Waals surface area contributed by atoms with Crippen LogP contribution in [-0.4, -0.2) is 5.34 Å². The van der Waals surface area contributed by atoms with Crippen LogP contribution < -0.4 is 42.3 Å². The van der Waals surface area contributed by atoms with E-state index >= 15 is 0 Å². The number of benzene rings is 8. The second-order valence-corrected chi connectivity index (χ2v) is 19.2. The van der Waals surface area contributed by atoms with Crippen molar-refractivity contribution >= 4 is 86.1 Å². The van der Waals surface area contributed by atoms with Crippen molar-refractivity contribution < 1.29 is 22.9 Å². The van der Waals surface area contributed by atoms with Gasteiger partial charge in [-0.05, 0) is 48.8 Å². The molecule has 1 aliphatic heterocycles. The summed E-state index contributed by atoms with van der Waals surface area (Å²) in [6, 6.07) is 75.9. The predicted molar refractivity (Wildman–Crippen MR) is 260 cm³/mol. The number of alkyl halides is 2. The van der Waals surface area contributed by atoms with Crippen molar-refractivity contribution in [3.05, 3.63) is 223 Å². The minimum absolute atomic E-state index is 0.194. The zero-order chi connectivity index (χ0) is 42.3. The summed E-state index contributed by atoms with van der Waals surface area (Å²) >= 11 is 11.8. The third kappa shape index (κ3) is 10.6. The number of fused-ring (bicyclic) bond motifs is 2. The van der Waals surface area contributed by atoms with Gasteiger partial charge < -0.3 is 10.5 Å². The molecule has 60 heavy (non-hydrogen) atoms. The van der Waals surface area contributed by atoms with E-state index < -0.39 is 15.8 Å². The van der Waals surface area contributed by atoms with Gasteiger partial charge in [-0.25, -0.2) is 0 Å². The molecule has 0 amide bonds. The summed E-state index contributed by atoms with van der Waals surface area (Å²) in [4.78, 5) is 0. The summed E-state index contributed by atoms with van der Waals surface area (Å²) in [6.07, 6.45) is 0. The van der Waals surface area contributed by atoms with E-state index in [0.717, 1.165) is 28.3 Å². The molecule has 0 saturated carbocycles. The van der Waals surface area contributed by atoms with Crippen LogP contribution in [0.25, 0.3) is 11.1 Å². The molecule has 8 aromatic carbocycles. The fourth-order valence-electron chi connectivity index (χ4n) is 7.31. The van der Waals surface area contributed by atoms with Gasteiger partial charge in [0.2, 0.25) is 0 Å². The van der Waals surface area contributed by atoms with Gasteiger partial charge in [-0.2, -0.15) is 0 Å². The molecule has 2 nitrogen and oxygen atoms in total. The van der Waals surface area contributed by atoms with Gasteiger partial charge in [0, 0.05) is 27.2 Å². The summed E-state index contributed by atoms with van der Waals surface area (Å²) in [5.41, 5.74) is 11.0. The molecule has 0 saturated heterocycles. The van der Waals surface area contributed by atoms with Gasteiger partial charge in [0.05, 0.1) is 5.34 Å². The number of rotatable bonds is 7. The van der Waals surface area contributed by atoms with E-state index in [1.165, 1.54) is 43.0 Å². The number of hydrogen-bond donors (Lipinski definition) is 1. The van der Waals surface area contributed by atoms with E-state index in [-0.39, 0.29) is 10.8 Å². The topological polar surface area (TPSA) is 35.2 Å². The Balaban J connectivity index is 0.000000280. The van der Waals surface area contributed by atoms with Gasteiger partial charge in [0.25, 0.3) is 0 Å². The van der Waals surface area contributed by atoms with E-state index in [1.807, 2.05) is 48.5 Å². The number of halogens is 3. The minimum atomic E-state index is -0.824. The summed E-state index contributed by atoms with van der Waals surface area (Å²) in [5.74, 6) is 2.02. The maximum absolute atomic E-state index is 7.26. The van der Waals surface area contributed by atoms with Gasteiger partial charge in [-0.3, -0.25) is 0 Å². The molecule has 0 aliphatic carbocycles. The normalized spacial score (nSPS) is 11.9. The molecular formula is C52H44Cl3NOP2Pd. The number of hydrogen-bond acceptors (Lipinski definition) is 2. The Kier molecular flexibility index (Phi) is 17.0. The average molecular weight is 974 g/mol. The molecule has 8 heteroatoms. The number of ether oxygens (including phenoxy) is 1. The molecule has 0 aromatic heterocycles. The molecule has 0 atom stereocenters. The van der Waals surface area contributed by atoms with Gasteiger partial charge in [0.15, 0.2) is 0 Å². The van der Waals surface area contributed by atoms with Crippen LogP contribution >= 0.6 is 48.6 Å². The fourth-order valence-corrected chi connectivity index (χ4v) is 12.1. The quantitative estimate of drug-likeness (QED) is 0.0568. The van der Waals surface area contributed by atoms with Gasteiger partial charge in [0.1, 0.15) is 11.5 Å². The van der Waals surface area contributed by atoms with Crippen LogP contribution in [0.5, 0.6) is 11.5 Å². The standard InChI is InChI=1S/C39H32OP2.C12H10N.CH2Cl2.ClH.Pd/c1-39(2)33-25-15-27-35(41(29-17-7-3-8-18-29)30-19-9-4-10-20-30)37(33)40-38-34(39)26-16-28-36(38)42(31-21-11-5-12-22-31)32-23-13-6-14-24-32;13-12-9-5-4-8-11(12)10-6-2-1-3-7-10;2-1-3;;/h3-28H,1-2H3;1-6,8-9H,13H2;1H2;1H;/q;-1;;;+2/p-1. The molecule has 0 bridgehead atoms. The number of nitrogen functional groups attached to an aromatic ring is 1. The van der Waals surface area contributed by atoms with Crippen molar-refractivity contribution in [2.24, 2.45) is 0 Å². The molecule has 9 rings (SSSR count). The van der Waals surface area contributed by atoms with Crippen molar-refractivity contribution in [3.8, 4) is 22.6 Å². The number of anilines is 1. The first-order valence-electron chi connectivity index (χ1n) is 19.2. The second-order valence-electron chi connectivity index (χ2n) is 14.0. The summed E-state index contributed by atoms with van der Waals surface area (Å²) in [6.45, 7) is 4.70. The SMILES string of the molecule is CC1(C)c2cccc(P(c3ccccc3)c3ccccc3)c2Oc2c(P(c3ccccc3)c3ccccc3)cccc21.ClCCl.Nc1ccccc1-c1[c-]cccc1.[Cl][Pd+]. The van der Waals surface area contributed by atoms with E-state index in [4.69, 9.17) is 33.7 Å². The third-order valence-corrected chi connectivity index (χ3v) is 15.0. The third-order valence-electron chi connectivity index (χ3n) is 10.0. The van der Waals surface area contributed by atoms with Crippen molar-refractivity contribution in [3.63, 3.8) is 0 Å². The van der Waals surface area contributed by atoms with Gasteiger partial charge in [-0.15, -0.1) is 59.1 Å². The monoisotopic (exact) mass is 971 g/mol. The fraction of sp³-hybridized carbons (Fsp3) is 0.0769. The van der Waals surface area contributed by atoms with Crippen LogP contribution in [0, 0.1) is 6.07 Å². The second kappa shape index (κ2) is 22.6. The molecule has 304 valence electrons. The predicted octanol–water partition coefficient (Wildman–Crippen LogP) is 12.5. The first kappa shape index (κ1) is 45.3. The number of para-hydroxylation sites is 3. The van der Waals surface area contributed by atoms with Gasteiger partial charge >= 0.3 is 27.7 Å². The molecular weight excluding hydrogens is 929 g/mol. The summed E-state index contributed by atoms with van der Waals surface area (Å²) < 4.78 is 7.26. The Morgan fingerprint density at radius 1 is 0.500 bits per heavy atom. The molecule has 1 heterocycles. The molecule has 0 radical (unpaired) electrons. The average Bonchev–Trinajstić information content (AvgIpc) is 3.30. The molecule has 0 spiro atoms. The van der Waals surface area contributed by atoms with Crippen molar-refractivity contribution in [1.82, 2.24) is 0 Å². The van der Waals surface area contributed by atoms with Crippen LogP contribution in [0.1, 0.15) is 25.0 Å². The molecule has 8 aromatic rings. The van der Waals surface area contributed by atoms with E-state index in [2.05, 4.69) is 205 Å². The molecule has 1 aliphatic rings. The molecule has 0 unspecified atom stereocenters. The maximum atomic E-state index is 7.26. The van der Waals surface area contributed by atoms with Crippen LogP contribution in [0.2, 0.25) is 0 Å². The van der Waals surface area contributed by atoms with E-state index in [0.29, 0.717) is 0 Å². The van der Waals surface area contributed by atoms with Crippen LogP contribution in [0.3, 0.4) is 0 Å². The Morgan fingerprint density at radius 2 is 0.867 bits per heavy atom. The Hall–Kier alpha value is -4.25. The zero-order valence-electron chi connectivity index (χ0n) is 33.2. The van der Waals surface area contributed by atoms with Crippen molar-refractivity contribution in [2.75, 3.05) is 11.1 Å². The van der Waals surface area contributed by atoms with E-state index in [9.17, 15) is 0 Å². The summed E-state index contributed by atoms with van der Waals surface area (Å²) in [7, 11) is 2.84. The first-order valence-corrected chi connectivity index (χ1v) is 25.0. The summed E-state index contributed by atoms with van der Waals surface area (Å²) in [5, 5.41) is 8.01. The zero-order valence-corrected chi connectivity index (χ0v) is 38.8. The first-order chi connectivity index (χ1) is 29.4.